The monoisotopic (exact) mass is 344 g/mol. The van der Waals surface area contributed by atoms with Crippen LogP contribution >= 0.6 is 11.3 Å². The third kappa shape index (κ3) is 3.83. The zero-order valence-corrected chi connectivity index (χ0v) is 13.7. The van der Waals surface area contributed by atoms with E-state index < -0.39 is 5.82 Å². The van der Waals surface area contributed by atoms with E-state index in [9.17, 15) is 13.6 Å². The molecule has 0 radical (unpaired) electrons. The number of hydrogen-bond acceptors (Lipinski definition) is 3. The minimum Gasteiger partial charge on any atom is -0.323 e. The molecule has 1 amide bonds. The van der Waals surface area contributed by atoms with E-state index in [1.165, 1.54) is 29.5 Å². The SMILES string of the molecule is Cc1ccc(F)c(NC(=O)Cc2csc(-c3ccc(F)cc3)n2)c1. The van der Waals surface area contributed by atoms with Crippen molar-refractivity contribution in [2.24, 2.45) is 0 Å². The number of halogens is 2. The summed E-state index contributed by atoms with van der Waals surface area (Å²) in [7, 11) is 0. The molecule has 3 nitrogen and oxygen atoms in total. The molecule has 1 aromatic heterocycles. The number of nitrogens with zero attached hydrogens (tertiary/aromatic N) is 1. The second-order valence-electron chi connectivity index (χ2n) is 5.36. The summed E-state index contributed by atoms with van der Waals surface area (Å²) in [6.45, 7) is 1.82. The summed E-state index contributed by atoms with van der Waals surface area (Å²) < 4.78 is 26.6. The quantitative estimate of drug-likeness (QED) is 0.753. The van der Waals surface area contributed by atoms with Gasteiger partial charge in [-0.25, -0.2) is 13.8 Å². The van der Waals surface area contributed by atoms with E-state index >= 15 is 0 Å². The summed E-state index contributed by atoms with van der Waals surface area (Å²) in [5.41, 5.74) is 2.40. The molecule has 0 bridgehead atoms. The number of nitrogens with one attached hydrogen (secondary N) is 1. The fourth-order valence-corrected chi connectivity index (χ4v) is 3.03. The Bertz CT molecular complexity index is 875. The van der Waals surface area contributed by atoms with Crippen LogP contribution in [0.5, 0.6) is 0 Å². The predicted molar refractivity (Wildman–Crippen MR) is 91.0 cm³/mol. The summed E-state index contributed by atoms with van der Waals surface area (Å²) in [4.78, 5) is 16.4. The summed E-state index contributed by atoms with van der Waals surface area (Å²) in [6.07, 6.45) is 0.0467. The molecule has 0 aliphatic heterocycles. The molecular formula is C18H14F2N2OS. The molecule has 24 heavy (non-hydrogen) atoms. The molecule has 0 saturated carbocycles. The van der Waals surface area contributed by atoms with Gasteiger partial charge in [0, 0.05) is 10.9 Å². The van der Waals surface area contributed by atoms with Crippen molar-refractivity contribution in [3.63, 3.8) is 0 Å². The lowest BCUT2D eigenvalue weighted by molar-refractivity contribution is -0.115. The fraction of sp³-hybridized carbons (Fsp3) is 0.111. The van der Waals surface area contributed by atoms with Gasteiger partial charge >= 0.3 is 0 Å². The predicted octanol–water partition coefficient (Wildman–Crippen LogP) is 4.58. The Morgan fingerprint density at radius 2 is 1.92 bits per heavy atom. The first kappa shape index (κ1) is 16.3. The number of hydrogen-bond donors (Lipinski definition) is 1. The molecule has 0 saturated heterocycles. The number of carbonyl (C=O) groups is 1. The van der Waals surface area contributed by atoms with Crippen molar-refractivity contribution in [3.05, 3.63) is 70.7 Å². The lowest BCUT2D eigenvalue weighted by Gasteiger charge is -2.06. The van der Waals surface area contributed by atoms with Crippen LogP contribution in [0.15, 0.2) is 47.8 Å². The smallest absolute Gasteiger partial charge is 0.230 e. The van der Waals surface area contributed by atoms with E-state index in [0.717, 1.165) is 11.1 Å². The summed E-state index contributed by atoms with van der Waals surface area (Å²) in [5, 5.41) is 5.03. The van der Waals surface area contributed by atoms with Crippen molar-refractivity contribution in [3.8, 4) is 10.6 Å². The van der Waals surface area contributed by atoms with Gasteiger partial charge in [0.25, 0.3) is 0 Å². The van der Waals surface area contributed by atoms with Crippen LogP contribution in [-0.4, -0.2) is 10.9 Å². The van der Waals surface area contributed by atoms with Crippen LogP contribution in [-0.2, 0) is 11.2 Å². The van der Waals surface area contributed by atoms with E-state index in [1.54, 1.807) is 29.6 Å². The van der Waals surface area contributed by atoms with Crippen molar-refractivity contribution >= 4 is 22.9 Å². The number of amides is 1. The molecule has 122 valence electrons. The largest absolute Gasteiger partial charge is 0.323 e. The minimum atomic E-state index is -0.473. The van der Waals surface area contributed by atoms with Crippen LogP contribution in [0.2, 0.25) is 0 Å². The summed E-state index contributed by atoms with van der Waals surface area (Å²) in [5.74, 6) is -1.12. The summed E-state index contributed by atoms with van der Waals surface area (Å²) in [6, 6.07) is 10.5. The van der Waals surface area contributed by atoms with E-state index in [0.29, 0.717) is 10.7 Å². The van der Waals surface area contributed by atoms with Crippen LogP contribution in [0.25, 0.3) is 10.6 Å². The van der Waals surface area contributed by atoms with Crippen molar-refractivity contribution in [1.29, 1.82) is 0 Å². The van der Waals surface area contributed by atoms with Crippen LogP contribution in [0.1, 0.15) is 11.3 Å². The maximum atomic E-state index is 13.7. The first-order valence-electron chi connectivity index (χ1n) is 7.27. The Kier molecular flexibility index (Phi) is 4.66. The Balaban J connectivity index is 1.69. The van der Waals surface area contributed by atoms with Crippen molar-refractivity contribution < 1.29 is 13.6 Å². The lowest BCUT2D eigenvalue weighted by Crippen LogP contribution is -2.15. The topological polar surface area (TPSA) is 42.0 Å². The van der Waals surface area contributed by atoms with Crippen LogP contribution in [0.3, 0.4) is 0 Å². The second-order valence-corrected chi connectivity index (χ2v) is 6.22. The second kappa shape index (κ2) is 6.88. The number of rotatable bonds is 4. The van der Waals surface area contributed by atoms with Crippen molar-refractivity contribution in [2.45, 2.75) is 13.3 Å². The molecule has 0 aliphatic carbocycles. The Morgan fingerprint density at radius 1 is 1.17 bits per heavy atom. The van der Waals surface area contributed by atoms with Crippen molar-refractivity contribution in [1.82, 2.24) is 4.98 Å². The van der Waals surface area contributed by atoms with Gasteiger partial charge < -0.3 is 5.32 Å². The highest BCUT2D eigenvalue weighted by Crippen LogP contribution is 2.24. The first-order chi connectivity index (χ1) is 11.5. The third-order valence-corrected chi connectivity index (χ3v) is 4.32. The van der Waals surface area contributed by atoms with Gasteiger partial charge in [-0.2, -0.15) is 0 Å². The number of thiazole rings is 1. The number of carbonyl (C=O) groups excluding carboxylic acids is 1. The van der Waals surface area contributed by atoms with Gasteiger partial charge in [0.05, 0.1) is 17.8 Å². The van der Waals surface area contributed by atoms with Gasteiger partial charge in [-0.1, -0.05) is 6.07 Å². The lowest BCUT2D eigenvalue weighted by atomic mass is 10.2. The normalized spacial score (nSPS) is 10.6. The van der Waals surface area contributed by atoms with E-state index in [1.807, 2.05) is 6.92 Å². The zero-order valence-electron chi connectivity index (χ0n) is 12.8. The van der Waals surface area contributed by atoms with Gasteiger partial charge in [-0.15, -0.1) is 11.3 Å². The van der Waals surface area contributed by atoms with Crippen LogP contribution in [0, 0.1) is 18.6 Å². The molecular weight excluding hydrogens is 330 g/mol. The number of benzene rings is 2. The molecule has 0 atom stereocenters. The maximum Gasteiger partial charge on any atom is 0.230 e. The Hall–Kier alpha value is -2.60. The van der Waals surface area contributed by atoms with Gasteiger partial charge in [-0.3, -0.25) is 4.79 Å². The van der Waals surface area contributed by atoms with E-state index in [4.69, 9.17) is 0 Å². The standard InChI is InChI=1S/C18H14F2N2OS/c1-11-2-7-15(20)16(8-11)22-17(23)9-14-10-24-18(21-14)12-3-5-13(19)6-4-12/h2-8,10H,9H2,1H3,(H,22,23). The third-order valence-electron chi connectivity index (χ3n) is 3.38. The van der Waals surface area contributed by atoms with Crippen LogP contribution in [0.4, 0.5) is 14.5 Å². The molecule has 0 aliphatic rings. The van der Waals surface area contributed by atoms with Gasteiger partial charge in [0.15, 0.2) is 0 Å². The molecule has 0 spiro atoms. The molecule has 3 rings (SSSR count). The van der Waals surface area contributed by atoms with Crippen molar-refractivity contribution in [2.75, 3.05) is 5.32 Å². The molecule has 3 aromatic rings. The van der Waals surface area contributed by atoms with E-state index in [2.05, 4.69) is 10.3 Å². The Morgan fingerprint density at radius 3 is 2.67 bits per heavy atom. The molecule has 2 aromatic carbocycles. The highest BCUT2D eigenvalue weighted by atomic mass is 32.1. The highest BCUT2D eigenvalue weighted by molar-refractivity contribution is 7.13. The van der Waals surface area contributed by atoms with E-state index in [-0.39, 0.29) is 23.8 Å². The summed E-state index contributed by atoms with van der Waals surface area (Å²) >= 11 is 1.37. The molecule has 6 heteroatoms. The van der Waals surface area contributed by atoms with Gasteiger partial charge in [0.1, 0.15) is 16.6 Å². The number of anilines is 1. The highest BCUT2D eigenvalue weighted by Gasteiger charge is 2.11. The number of aromatic nitrogens is 1. The first-order valence-corrected chi connectivity index (χ1v) is 8.15. The van der Waals surface area contributed by atoms with Gasteiger partial charge in [-0.05, 0) is 48.9 Å². The molecule has 1 heterocycles. The average Bonchev–Trinajstić information content (AvgIpc) is 3.00. The average molecular weight is 344 g/mol. The molecule has 0 unspecified atom stereocenters. The zero-order chi connectivity index (χ0) is 17.1. The fourth-order valence-electron chi connectivity index (χ4n) is 2.21. The van der Waals surface area contributed by atoms with Crippen LogP contribution < -0.4 is 5.32 Å². The molecule has 1 N–H and O–H groups in total. The minimum absolute atomic E-state index is 0.0467. The number of aryl methyl sites for hydroxylation is 1. The van der Waals surface area contributed by atoms with Gasteiger partial charge in [0.2, 0.25) is 5.91 Å². The Labute approximate surface area is 142 Å². The maximum absolute atomic E-state index is 13.7. The molecule has 0 fully saturated rings.